The van der Waals surface area contributed by atoms with Gasteiger partial charge in [0.1, 0.15) is 0 Å². The van der Waals surface area contributed by atoms with Gasteiger partial charge in [0.25, 0.3) is 0 Å². The molecule has 400 valence electrons. The molecule has 13 aromatic carbocycles. The van der Waals surface area contributed by atoms with Crippen LogP contribution in [-0.4, -0.2) is 4.57 Å². The molecule has 86 heavy (non-hydrogen) atoms. The zero-order valence-electron chi connectivity index (χ0n) is 45.5. The van der Waals surface area contributed by atoms with E-state index in [1.807, 2.05) is 84.9 Å². The first-order valence-corrected chi connectivity index (χ1v) is 28.5. The zero-order valence-corrected chi connectivity index (χ0v) is 45.5. The van der Waals surface area contributed by atoms with Crippen molar-refractivity contribution in [2.24, 2.45) is 0 Å². The summed E-state index contributed by atoms with van der Waals surface area (Å²) in [4.78, 5) is 4.30. The van der Waals surface area contributed by atoms with E-state index >= 15 is 8.78 Å². The van der Waals surface area contributed by atoms with Gasteiger partial charge in [-0.15, -0.1) is 0 Å². The third-order valence-corrected chi connectivity index (χ3v) is 18.1. The highest BCUT2D eigenvalue weighted by Gasteiger charge is 2.52. The molecule has 0 N–H and O–H groups in total. The Balaban J connectivity index is 1.01. The molecular weight excluding hydrogens is 1060 g/mol. The number of nitrogens with zero attached hydrogens (tertiary/aromatic N) is 5. The molecule has 2 aliphatic rings. The van der Waals surface area contributed by atoms with Crippen LogP contribution >= 0.6 is 0 Å². The summed E-state index contributed by atoms with van der Waals surface area (Å²) in [6.07, 6.45) is 0. The maximum absolute atomic E-state index is 15.9. The van der Waals surface area contributed by atoms with Crippen LogP contribution < -0.4 is 9.80 Å². The summed E-state index contributed by atoms with van der Waals surface area (Å²) < 4.78 is 47.3. The van der Waals surface area contributed by atoms with E-state index in [2.05, 4.69) is 154 Å². The fraction of sp³-hybridized carbons (Fsp3) is 0.0130. The third kappa shape index (κ3) is 6.35. The minimum atomic E-state index is -0.914. The summed E-state index contributed by atoms with van der Waals surface area (Å²) in [6.45, 7) is 0. The van der Waals surface area contributed by atoms with Crippen LogP contribution in [-0.2, 0) is 5.41 Å². The number of hydrogen-bond acceptors (Lipinski definition) is 6. The summed E-state index contributed by atoms with van der Waals surface area (Å²) in [5, 5.41) is 29.6. The number of para-hydroxylation sites is 5. The van der Waals surface area contributed by atoms with Crippen molar-refractivity contribution < 1.29 is 17.6 Å². The fourth-order valence-electron chi connectivity index (χ4n) is 14.6. The van der Waals surface area contributed by atoms with Gasteiger partial charge in [-0.25, -0.2) is 8.78 Å². The lowest BCUT2D eigenvalue weighted by Crippen LogP contribution is -2.33. The Kier molecular flexibility index (Phi) is 9.80. The maximum atomic E-state index is 15.9. The summed E-state index contributed by atoms with van der Waals surface area (Å²) in [6, 6.07) is 88.1. The van der Waals surface area contributed by atoms with Crippen molar-refractivity contribution in [3.05, 3.63) is 294 Å². The Bertz CT molecular complexity index is 5660. The van der Waals surface area contributed by atoms with Gasteiger partial charge in [-0.2, -0.15) is 10.5 Å². The Morgan fingerprint density at radius 3 is 1.38 bits per heavy atom. The van der Waals surface area contributed by atoms with E-state index in [-0.39, 0.29) is 11.2 Å². The first-order chi connectivity index (χ1) is 42.4. The molecule has 0 saturated carbocycles. The standard InChI is InChI=1S/C77H41F2N5O2/c78-64-20-7-15-54-56-17-9-23-68(75(56)85-73(54)64)82(48-31-25-44(42-80)26-32-48)50-35-38-66-58(39-50)59-40-51(83(49-33-27-45(43-81)28-34-49)69-24-10-18-57-55-16-8-21-65(79)74(55)86-76(57)69)41-63-72(59)84(66)67-22-6-5-19-60(67)77(63)61-36-29-46-11-1-3-13-52(46)70(61)71-53-14-4-2-12-47(53)30-37-62(71)77/h1-41H. The molecule has 16 aromatic rings. The van der Waals surface area contributed by atoms with E-state index in [1.165, 1.54) is 23.3 Å². The maximum Gasteiger partial charge on any atom is 0.171 e. The molecule has 7 nitrogen and oxygen atoms in total. The van der Waals surface area contributed by atoms with Gasteiger partial charge in [-0.3, -0.25) is 0 Å². The van der Waals surface area contributed by atoms with Gasteiger partial charge < -0.3 is 23.2 Å². The van der Waals surface area contributed by atoms with Crippen molar-refractivity contribution in [2.75, 3.05) is 9.80 Å². The molecule has 0 unspecified atom stereocenters. The van der Waals surface area contributed by atoms with E-state index in [0.29, 0.717) is 44.4 Å². The number of rotatable bonds is 6. The molecule has 9 heteroatoms. The molecule has 1 spiro atoms. The molecule has 0 amide bonds. The molecule has 4 heterocycles. The second kappa shape index (κ2) is 17.6. The number of halogens is 2. The van der Waals surface area contributed by atoms with Crippen LogP contribution in [0, 0.1) is 34.3 Å². The molecule has 0 saturated heterocycles. The van der Waals surface area contributed by atoms with Crippen molar-refractivity contribution in [1.82, 2.24) is 4.57 Å². The second-order valence-electron chi connectivity index (χ2n) is 22.3. The van der Waals surface area contributed by atoms with Gasteiger partial charge in [0, 0.05) is 55.1 Å². The molecule has 1 aliphatic heterocycles. The van der Waals surface area contributed by atoms with E-state index < -0.39 is 17.0 Å². The second-order valence-corrected chi connectivity index (χ2v) is 22.3. The highest BCUT2D eigenvalue weighted by molar-refractivity contribution is 6.19. The van der Waals surface area contributed by atoms with E-state index in [4.69, 9.17) is 8.83 Å². The molecular formula is C77H41F2N5O2. The number of hydrogen-bond donors (Lipinski definition) is 0. The quantitative estimate of drug-likeness (QED) is 0.165. The van der Waals surface area contributed by atoms with Crippen LogP contribution in [0.5, 0.6) is 0 Å². The number of benzene rings is 13. The Labute approximate surface area is 489 Å². The first kappa shape index (κ1) is 47.8. The van der Waals surface area contributed by atoms with Crippen LogP contribution in [0.3, 0.4) is 0 Å². The summed E-state index contributed by atoms with van der Waals surface area (Å²) in [5.41, 5.74) is 15.8. The topological polar surface area (TPSA) is 85.3 Å². The Morgan fingerprint density at radius 1 is 0.360 bits per heavy atom. The molecule has 1 aliphatic carbocycles. The highest BCUT2D eigenvalue weighted by Crippen LogP contribution is 2.64. The molecule has 0 radical (unpaired) electrons. The van der Waals surface area contributed by atoms with Crippen molar-refractivity contribution in [3.63, 3.8) is 0 Å². The summed E-state index contributed by atoms with van der Waals surface area (Å²) >= 11 is 0. The van der Waals surface area contributed by atoms with E-state index in [1.54, 1.807) is 24.3 Å². The minimum Gasteiger partial charge on any atom is -0.451 e. The molecule has 18 rings (SSSR count). The minimum absolute atomic E-state index is 0.167. The largest absolute Gasteiger partial charge is 0.451 e. The molecule has 3 aromatic heterocycles. The van der Waals surface area contributed by atoms with Gasteiger partial charge in [0.15, 0.2) is 34.0 Å². The normalized spacial score (nSPS) is 12.8. The van der Waals surface area contributed by atoms with Gasteiger partial charge in [-0.05, 0) is 164 Å². The van der Waals surface area contributed by atoms with Crippen LogP contribution in [0.2, 0.25) is 0 Å². The smallest absolute Gasteiger partial charge is 0.171 e. The lowest BCUT2D eigenvalue weighted by molar-refractivity contribution is 0.584. The van der Waals surface area contributed by atoms with Crippen LogP contribution in [0.15, 0.2) is 258 Å². The third-order valence-electron chi connectivity index (χ3n) is 18.1. The van der Waals surface area contributed by atoms with E-state index in [0.717, 1.165) is 105 Å². The number of aromatic nitrogens is 1. The SMILES string of the molecule is N#Cc1ccc(N(c2ccc3c(c2)c2cc(N(c4ccc(C#N)cc4)c4cccc5c4oc4c(F)cccc45)cc4c2n3-c2ccccc2C42c3ccc4ccccc4c3-c3c2ccc2ccccc32)c2cccc3c2oc2c(F)cccc23)cc1. The summed E-state index contributed by atoms with van der Waals surface area (Å²) in [5.74, 6) is -0.909. The van der Waals surface area contributed by atoms with Gasteiger partial charge in [-0.1, -0.05) is 140 Å². The molecule has 0 bridgehead atoms. The van der Waals surface area contributed by atoms with E-state index in [9.17, 15) is 10.5 Å². The predicted molar refractivity (Wildman–Crippen MR) is 340 cm³/mol. The highest BCUT2D eigenvalue weighted by atomic mass is 19.1. The molecule has 0 fully saturated rings. The monoisotopic (exact) mass is 1110 g/mol. The first-order valence-electron chi connectivity index (χ1n) is 28.5. The lowest BCUT2D eigenvalue weighted by atomic mass is 9.65. The van der Waals surface area contributed by atoms with Gasteiger partial charge in [0.2, 0.25) is 0 Å². The number of anilines is 6. The number of nitriles is 2. The average Bonchev–Trinajstić information content (AvgIpc) is 1.47. The van der Waals surface area contributed by atoms with Gasteiger partial charge in [0.05, 0.1) is 56.8 Å². The van der Waals surface area contributed by atoms with Crippen LogP contribution in [0.25, 0.3) is 104 Å². The van der Waals surface area contributed by atoms with Crippen LogP contribution in [0.4, 0.5) is 42.9 Å². The Hall–Kier alpha value is -11.8. The van der Waals surface area contributed by atoms with Crippen molar-refractivity contribution >= 4 is 121 Å². The van der Waals surface area contributed by atoms with Crippen LogP contribution in [0.1, 0.15) is 33.4 Å². The summed E-state index contributed by atoms with van der Waals surface area (Å²) in [7, 11) is 0. The van der Waals surface area contributed by atoms with Gasteiger partial charge >= 0.3 is 0 Å². The fourth-order valence-corrected chi connectivity index (χ4v) is 14.6. The van der Waals surface area contributed by atoms with Crippen molar-refractivity contribution in [3.8, 4) is 29.0 Å². The average molecular weight is 1110 g/mol. The predicted octanol–water partition coefficient (Wildman–Crippen LogP) is 20.5. The molecule has 0 atom stereocenters. The number of fused-ring (bicyclic) bond motifs is 22. The van der Waals surface area contributed by atoms with Crippen molar-refractivity contribution in [2.45, 2.75) is 5.41 Å². The Morgan fingerprint density at radius 2 is 0.826 bits per heavy atom. The van der Waals surface area contributed by atoms with Crippen molar-refractivity contribution in [1.29, 1.82) is 10.5 Å². The lowest BCUT2D eigenvalue weighted by Gasteiger charge is -2.40. The zero-order chi connectivity index (χ0) is 57.1. The number of furan rings is 2.